The molecule has 0 bridgehead atoms. The van der Waals surface area contributed by atoms with Crippen LogP contribution in [-0.2, 0) is 13.1 Å². The molecule has 0 atom stereocenters. The lowest BCUT2D eigenvalue weighted by Gasteiger charge is -2.22. The van der Waals surface area contributed by atoms with Crippen molar-refractivity contribution in [1.29, 1.82) is 0 Å². The Labute approximate surface area is 170 Å². The molecule has 0 aliphatic rings. The van der Waals surface area contributed by atoms with Crippen LogP contribution in [-0.4, -0.2) is 20.8 Å². The third-order valence-corrected chi connectivity index (χ3v) is 5.38. The molecule has 0 aliphatic carbocycles. The molecule has 0 aliphatic heterocycles. The standard InChI is InChI=1S/C21H16ClN3O2S/c22-15-6-3-5-14(11-15)21(27)25(12-16-7-4-10-28-16)13-19-23-18-9-2-1-8-17(18)20(26)24-19/h1-11H,12-13H2,(H,23,24,26). The minimum Gasteiger partial charge on any atom is -0.326 e. The van der Waals surface area contributed by atoms with Crippen LogP contribution in [0.3, 0.4) is 0 Å². The van der Waals surface area contributed by atoms with Gasteiger partial charge in [-0.15, -0.1) is 11.3 Å². The zero-order valence-corrected chi connectivity index (χ0v) is 16.3. The summed E-state index contributed by atoms with van der Waals surface area (Å²) in [5, 5.41) is 2.99. The van der Waals surface area contributed by atoms with Gasteiger partial charge in [-0.1, -0.05) is 35.9 Å². The van der Waals surface area contributed by atoms with Gasteiger partial charge in [-0.25, -0.2) is 4.98 Å². The van der Waals surface area contributed by atoms with E-state index in [1.165, 1.54) is 0 Å². The summed E-state index contributed by atoms with van der Waals surface area (Å²) < 4.78 is 0. The van der Waals surface area contributed by atoms with Crippen molar-refractivity contribution in [2.45, 2.75) is 13.1 Å². The number of fused-ring (bicyclic) bond motifs is 1. The molecular weight excluding hydrogens is 394 g/mol. The number of thiophene rings is 1. The fourth-order valence-corrected chi connectivity index (χ4v) is 3.89. The number of aromatic amines is 1. The van der Waals surface area contributed by atoms with Gasteiger partial charge in [0.2, 0.25) is 0 Å². The van der Waals surface area contributed by atoms with E-state index in [0.29, 0.717) is 33.9 Å². The maximum atomic E-state index is 13.1. The van der Waals surface area contributed by atoms with Crippen LogP contribution < -0.4 is 5.56 Å². The molecule has 0 unspecified atom stereocenters. The molecule has 1 amide bonds. The maximum Gasteiger partial charge on any atom is 0.258 e. The molecule has 2 aromatic carbocycles. The van der Waals surface area contributed by atoms with E-state index >= 15 is 0 Å². The Bertz CT molecular complexity index is 1190. The van der Waals surface area contributed by atoms with E-state index in [1.807, 2.05) is 23.6 Å². The van der Waals surface area contributed by atoms with Crippen LogP contribution in [0.5, 0.6) is 0 Å². The molecule has 1 N–H and O–H groups in total. The molecule has 0 saturated carbocycles. The van der Waals surface area contributed by atoms with Crippen LogP contribution in [0.25, 0.3) is 10.9 Å². The second kappa shape index (κ2) is 7.96. The lowest BCUT2D eigenvalue weighted by molar-refractivity contribution is 0.0727. The van der Waals surface area contributed by atoms with Gasteiger partial charge in [0.05, 0.1) is 24.0 Å². The first-order chi connectivity index (χ1) is 13.6. The minimum atomic E-state index is -0.216. The van der Waals surface area contributed by atoms with Crippen molar-refractivity contribution in [3.63, 3.8) is 0 Å². The predicted octanol–water partition coefficient (Wildman–Crippen LogP) is 4.48. The quantitative estimate of drug-likeness (QED) is 0.528. The number of carbonyl (C=O) groups is 1. The number of para-hydroxylation sites is 1. The van der Waals surface area contributed by atoms with Crippen molar-refractivity contribution in [3.05, 3.63) is 97.7 Å². The lowest BCUT2D eigenvalue weighted by atomic mass is 10.2. The fraction of sp³-hybridized carbons (Fsp3) is 0.0952. The summed E-state index contributed by atoms with van der Waals surface area (Å²) in [5.41, 5.74) is 0.881. The smallest absolute Gasteiger partial charge is 0.258 e. The Morgan fingerprint density at radius 2 is 1.93 bits per heavy atom. The van der Waals surface area contributed by atoms with Gasteiger partial charge in [-0.05, 0) is 41.8 Å². The Kier molecular flexibility index (Phi) is 5.23. The van der Waals surface area contributed by atoms with Gasteiger partial charge >= 0.3 is 0 Å². The van der Waals surface area contributed by atoms with E-state index in [1.54, 1.807) is 58.7 Å². The molecule has 4 rings (SSSR count). The van der Waals surface area contributed by atoms with Crippen molar-refractivity contribution >= 4 is 39.7 Å². The Hall–Kier alpha value is -2.96. The second-order valence-corrected chi connectivity index (χ2v) is 7.75. The highest BCUT2D eigenvalue weighted by atomic mass is 35.5. The molecule has 4 aromatic rings. The molecule has 28 heavy (non-hydrogen) atoms. The van der Waals surface area contributed by atoms with Gasteiger partial charge in [0.1, 0.15) is 5.82 Å². The van der Waals surface area contributed by atoms with Crippen LogP contribution in [0.1, 0.15) is 21.1 Å². The summed E-state index contributed by atoms with van der Waals surface area (Å²) in [7, 11) is 0. The van der Waals surface area contributed by atoms with E-state index < -0.39 is 0 Å². The number of halogens is 1. The normalized spacial score (nSPS) is 10.9. The third-order valence-electron chi connectivity index (χ3n) is 4.29. The van der Waals surface area contributed by atoms with E-state index in [2.05, 4.69) is 9.97 Å². The molecule has 0 radical (unpaired) electrons. The average molecular weight is 410 g/mol. The molecule has 2 heterocycles. The average Bonchev–Trinajstić information content (AvgIpc) is 3.20. The molecule has 2 aromatic heterocycles. The third kappa shape index (κ3) is 3.98. The number of rotatable bonds is 5. The van der Waals surface area contributed by atoms with Gasteiger partial charge in [-0.2, -0.15) is 0 Å². The zero-order chi connectivity index (χ0) is 19.5. The monoisotopic (exact) mass is 409 g/mol. The van der Waals surface area contributed by atoms with E-state index in [4.69, 9.17) is 11.6 Å². The van der Waals surface area contributed by atoms with Crippen molar-refractivity contribution in [2.75, 3.05) is 0 Å². The number of H-pyrrole nitrogens is 1. The summed E-state index contributed by atoms with van der Waals surface area (Å²) in [5.74, 6) is 0.266. The predicted molar refractivity (Wildman–Crippen MR) is 112 cm³/mol. The molecule has 140 valence electrons. The second-order valence-electron chi connectivity index (χ2n) is 6.28. The minimum absolute atomic E-state index is 0.174. The maximum absolute atomic E-state index is 13.1. The van der Waals surface area contributed by atoms with Gasteiger partial charge in [-0.3, -0.25) is 9.59 Å². The first kappa shape index (κ1) is 18.4. The summed E-state index contributed by atoms with van der Waals surface area (Å²) in [6.07, 6.45) is 0. The highest BCUT2D eigenvalue weighted by molar-refractivity contribution is 7.09. The molecule has 0 fully saturated rings. The van der Waals surface area contributed by atoms with Crippen LogP contribution in [0, 0.1) is 0 Å². The van der Waals surface area contributed by atoms with E-state index in [9.17, 15) is 9.59 Å². The van der Waals surface area contributed by atoms with Crippen molar-refractivity contribution < 1.29 is 4.79 Å². The van der Waals surface area contributed by atoms with Crippen molar-refractivity contribution in [1.82, 2.24) is 14.9 Å². The molecular formula is C21H16ClN3O2S. The largest absolute Gasteiger partial charge is 0.326 e. The van der Waals surface area contributed by atoms with Crippen LogP contribution in [0.15, 0.2) is 70.8 Å². The highest BCUT2D eigenvalue weighted by Gasteiger charge is 2.19. The summed E-state index contributed by atoms with van der Waals surface area (Å²) in [6.45, 7) is 0.600. The van der Waals surface area contributed by atoms with Crippen LogP contribution >= 0.6 is 22.9 Å². The van der Waals surface area contributed by atoms with Crippen LogP contribution in [0.2, 0.25) is 5.02 Å². The summed E-state index contributed by atoms with van der Waals surface area (Å²) in [4.78, 5) is 35.5. The molecule has 5 nitrogen and oxygen atoms in total. The molecule has 7 heteroatoms. The van der Waals surface area contributed by atoms with Gasteiger partial charge in [0, 0.05) is 15.5 Å². The number of carbonyl (C=O) groups excluding carboxylic acids is 1. The highest BCUT2D eigenvalue weighted by Crippen LogP contribution is 2.18. The zero-order valence-electron chi connectivity index (χ0n) is 14.8. The lowest BCUT2D eigenvalue weighted by Crippen LogP contribution is -2.31. The van der Waals surface area contributed by atoms with Gasteiger partial charge < -0.3 is 9.88 Å². The van der Waals surface area contributed by atoms with Gasteiger partial charge in [0.15, 0.2) is 0 Å². The van der Waals surface area contributed by atoms with E-state index in [0.717, 1.165) is 4.88 Å². The number of benzene rings is 2. The number of aromatic nitrogens is 2. The Balaban J connectivity index is 1.69. The SMILES string of the molecule is O=C(c1cccc(Cl)c1)N(Cc1nc2ccccc2c(=O)[nH]1)Cc1cccs1. The number of hydrogen-bond donors (Lipinski definition) is 1. The van der Waals surface area contributed by atoms with Crippen molar-refractivity contribution in [2.24, 2.45) is 0 Å². The van der Waals surface area contributed by atoms with Crippen LogP contribution in [0.4, 0.5) is 0 Å². The topological polar surface area (TPSA) is 66.1 Å². The molecule has 0 spiro atoms. The summed E-state index contributed by atoms with van der Waals surface area (Å²) >= 11 is 7.63. The first-order valence-corrected chi connectivity index (χ1v) is 9.91. The molecule has 0 saturated heterocycles. The van der Waals surface area contributed by atoms with Gasteiger partial charge in [0.25, 0.3) is 11.5 Å². The fourth-order valence-electron chi connectivity index (χ4n) is 2.98. The Morgan fingerprint density at radius 3 is 2.71 bits per heavy atom. The number of amides is 1. The number of hydrogen-bond acceptors (Lipinski definition) is 4. The van der Waals surface area contributed by atoms with E-state index in [-0.39, 0.29) is 18.0 Å². The first-order valence-electron chi connectivity index (χ1n) is 8.65. The number of nitrogens with one attached hydrogen (secondary N) is 1. The van der Waals surface area contributed by atoms with Crippen molar-refractivity contribution in [3.8, 4) is 0 Å². The summed E-state index contributed by atoms with van der Waals surface area (Å²) in [6, 6.07) is 17.9. The Morgan fingerprint density at radius 1 is 1.07 bits per heavy atom. The number of nitrogens with zero attached hydrogens (tertiary/aromatic N) is 2.